The zero-order valence-electron chi connectivity index (χ0n) is 11.2. The van der Waals surface area contributed by atoms with Crippen LogP contribution in [0.2, 0.25) is 0 Å². The molecular weight excluding hydrogens is 214 g/mol. The molecule has 96 valence electrons. The predicted octanol–water partition coefficient (Wildman–Crippen LogP) is 2.43. The van der Waals surface area contributed by atoms with Gasteiger partial charge in [0.25, 0.3) is 0 Å². The van der Waals surface area contributed by atoms with Crippen LogP contribution in [0.3, 0.4) is 0 Å². The van der Waals surface area contributed by atoms with Crippen molar-refractivity contribution in [1.82, 2.24) is 5.32 Å². The average molecular weight is 237 g/mol. The lowest BCUT2D eigenvalue weighted by molar-refractivity contribution is 0.229. The van der Waals surface area contributed by atoms with Crippen molar-refractivity contribution in [3.8, 4) is 5.75 Å². The molecule has 0 amide bonds. The summed E-state index contributed by atoms with van der Waals surface area (Å²) in [5.41, 5.74) is 2.35. The Kier molecular flexibility index (Phi) is 5.45. The summed E-state index contributed by atoms with van der Waals surface area (Å²) in [6.07, 6.45) is 0.912. The maximum absolute atomic E-state index is 9.21. The molecule has 1 aromatic carbocycles. The zero-order valence-corrected chi connectivity index (χ0v) is 11.2. The Bertz CT molecular complexity index is 348. The molecule has 2 N–H and O–H groups in total. The van der Waals surface area contributed by atoms with Crippen LogP contribution in [0.5, 0.6) is 5.75 Å². The molecule has 2 atom stereocenters. The van der Waals surface area contributed by atoms with E-state index in [-0.39, 0.29) is 18.7 Å². The van der Waals surface area contributed by atoms with Crippen molar-refractivity contribution in [3.05, 3.63) is 29.3 Å². The largest absolute Gasteiger partial charge is 0.496 e. The molecule has 3 heteroatoms. The van der Waals surface area contributed by atoms with Gasteiger partial charge in [-0.2, -0.15) is 0 Å². The zero-order chi connectivity index (χ0) is 12.8. The molecule has 0 radical (unpaired) electrons. The summed E-state index contributed by atoms with van der Waals surface area (Å²) in [6, 6.07) is 6.46. The molecule has 0 spiro atoms. The maximum Gasteiger partial charge on any atom is 0.123 e. The van der Waals surface area contributed by atoms with Crippen LogP contribution in [-0.4, -0.2) is 24.9 Å². The number of benzene rings is 1. The number of nitrogens with one attached hydrogen (secondary N) is 1. The lowest BCUT2D eigenvalue weighted by Gasteiger charge is -2.22. The molecule has 1 rings (SSSR count). The van der Waals surface area contributed by atoms with Gasteiger partial charge in [0.05, 0.1) is 13.7 Å². The first-order valence-electron chi connectivity index (χ1n) is 6.13. The number of rotatable bonds is 6. The maximum atomic E-state index is 9.21. The monoisotopic (exact) mass is 237 g/mol. The second-order valence-electron chi connectivity index (χ2n) is 4.42. The van der Waals surface area contributed by atoms with E-state index in [1.807, 2.05) is 12.1 Å². The summed E-state index contributed by atoms with van der Waals surface area (Å²) in [5, 5.41) is 12.6. The highest BCUT2D eigenvalue weighted by atomic mass is 16.5. The first kappa shape index (κ1) is 14.0. The molecule has 0 heterocycles. The summed E-state index contributed by atoms with van der Waals surface area (Å²) >= 11 is 0. The molecule has 0 aliphatic heterocycles. The second kappa shape index (κ2) is 6.62. The van der Waals surface area contributed by atoms with Gasteiger partial charge in [-0.05, 0) is 26.3 Å². The third-order valence-electron chi connectivity index (χ3n) is 3.05. The summed E-state index contributed by atoms with van der Waals surface area (Å²) in [6.45, 7) is 6.39. The summed E-state index contributed by atoms with van der Waals surface area (Å²) < 4.78 is 5.37. The van der Waals surface area contributed by atoms with Crippen molar-refractivity contribution in [2.24, 2.45) is 0 Å². The summed E-state index contributed by atoms with van der Waals surface area (Å²) in [7, 11) is 1.68. The van der Waals surface area contributed by atoms with E-state index < -0.39 is 0 Å². The number of ether oxygens (including phenoxy) is 1. The van der Waals surface area contributed by atoms with E-state index >= 15 is 0 Å². The van der Waals surface area contributed by atoms with Crippen molar-refractivity contribution < 1.29 is 9.84 Å². The van der Waals surface area contributed by atoms with E-state index in [1.54, 1.807) is 7.11 Å². The highest BCUT2D eigenvalue weighted by molar-refractivity contribution is 5.38. The molecule has 0 fully saturated rings. The Labute approximate surface area is 104 Å². The van der Waals surface area contributed by atoms with Crippen LogP contribution in [0.4, 0.5) is 0 Å². The third kappa shape index (κ3) is 3.72. The Morgan fingerprint density at radius 3 is 2.65 bits per heavy atom. The minimum atomic E-state index is 0.134. The lowest BCUT2D eigenvalue weighted by atomic mass is 10.0. The predicted molar refractivity (Wildman–Crippen MR) is 70.4 cm³/mol. The minimum absolute atomic E-state index is 0.134. The molecule has 1 unspecified atom stereocenters. The lowest BCUT2D eigenvalue weighted by Crippen LogP contribution is -2.34. The van der Waals surface area contributed by atoms with Crippen molar-refractivity contribution in [1.29, 1.82) is 0 Å². The number of hydrogen-bond donors (Lipinski definition) is 2. The van der Waals surface area contributed by atoms with Crippen molar-refractivity contribution in [2.75, 3.05) is 13.7 Å². The fourth-order valence-corrected chi connectivity index (χ4v) is 1.94. The SMILES string of the molecule is CC[C@H](CO)NC(C)c1cc(C)ccc1OC. The van der Waals surface area contributed by atoms with Gasteiger partial charge >= 0.3 is 0 Å². The van der Waals surface area contributed by atoms with Crippen molar-refractivity contribution in [3.63, 3.8) is 0 Å². The smallest absolute Gasteiger partial charge is 0.123 e. The van der Waals surface area contributed by atoms with E-state index in [1.165, 1.54) is 5.56 Å². The number of aliphatic hydroxyl groups excluding tert-OH is 1. The van der Waals surface area contributed by atoms with Crippen LogP contribution in [-0.2, 0) is 0 Å². The molecular formula is C14H23NO2. The van der Waals surface area contributed by atoms with Gasteiger partial charge in [0.2, 0.25) is 0 Å². The van der Waals surface area contributed by atoms with E-state index in [2.05, 4.69) is 32.2 Å². The van der Waals surface area contributed by atoms with Crippen molar-refractivity contribution >= 4 is 0 Å². The molecule has 0 saturated heterocycles. The molecule has 0 aliphatic rings. The van der Waals surface area contributed by atoms with Crippen LogP contribution in [0.25, 0.3) is 0 Å². The first-order valence-corrected chi connectivity index (χ1v) is 6.13. The van der Waals surface area contributed by atoms with E-state index in [0.29, 0.717) is 0 Å². The summed E-state index contributed by atoms with van der Waals surface area (Å²) in [4.78, 5) is 0. The molecule has 17 heavy (non-hydrogen) atoms. The average Bonchev–Trinajstić information content (AvgIpc) is 2.35. The second-order valence-corrected chi connectivity index (χ2v) is 4.42. The molecule has 0 aliphatic carbocycles. The number of aliphatic hydroxyl groups is 1. The molecule has 0 aromatic heterocycles. The minimum Gasteiger partial charge on any atom is -0.496 e. The number of methoxy groups -OCH3 is 1. The fourth-order valence-electron chi connectivity index (χ4n) is 1.94. The van der Waals surface area contributed by atoms with Crippen LogP contribution >= 0.6 is 0 Å². The molecule has 1 aromatic rings. The van der Waals surface area contributed by atoms with Crippen LogP contribution in [0.15, 0.2) is 18.2 Å². The number of aryl methyl sites for hydroxylation is 1. The van der Waals surface area contributed by atoms with Gasteiger partial charge in [-0.25, -0.2) is 0 Å². The van der Waals surface area contributed by atoms with Gasteiger partial charge in [0.1, 0.15) is 5.75 Å². The standard InChI is InChI=1S/C14H23NO2/c1-5-12(9-16)15-11(3)13-8-10(2)6-7-14(13)17-4/h6-8,11-12,15-16H,5,9H2,1-4H3/t11?,12-/m1/s1. The van der Waals surface area contributed by atoms with E-state index in [9.17, 15) is 5.11 Å². The van der Waals surface area contributed by atoms with Crippen LogP contribution in [0.1, 0.15) is 37.4 Å². The Hall–Kier alpha value is -1.06. The fraction of sp³-hybridized carbons (Fsp3) is 0.571. The Balaban J connectivity index is 2.86. The normalized spacial score (nSPS) is 14.4. The molecule has 3 nitrogen and oxygen atoms in total. The molecule has 0 bridgehead atoms. The Morgan fingerprint density at radius 1 is 1.41 bits per heavy atom. The summed E-state index contributed by atoms with van der Waals surface area (Å²) in [5.74, 6) is 0.892. The number of hydrogen-bond acceptors (Lipinski definition) is 3. The van der Waals surface area contributed by atoms with Crippen LogP contribution in [0, 0.1) is 6.92 Å². The Morgan fingerprint density at radius 2 is 2.12 bits per heavy atom. The van der Waals surface area contributed by atoms with Gasteiger partial charge in [0.15, 0.2) is 0 Å². The van der Waals surface area contributed by atoms with E-state index in [0.717, 1.165) is 17.7 Å². The highest BCUT2D eigenvalue weighted by Crippen LogP contribution is 2.26. The van der Waals surface area contributed by atoms with Gasteiger partial charge in [-0.1, -0.05) is 24.6 Å². The quantitative estimate of drug-likeness (QED) is 0.798. The first-order chi connectivity index (χ1) is 8.12. The van der Waals surface area contributed by atoms with Crippen LogP contribution < -0.4 is 10.1 Å². The molecule has 0 saturated carbocycles. The third-order valence-corrected chi connectivity index (χ3v) is 3.05. The van der Waals surface area contributed by atoms with Gasteiger partial charge in [0, 0.05) is 17.6 Å². The van der Waals surface area contributed by atoms with Gasteiger partial charge < -0.3 is 15.2 Å². The van der Waals surface area contributed by atoms with E-state index in [4.69, 9.17) is 4.74 Å². The van der Waals surface area contributed by atoms with Crippen molar-refractivity contribution in [2.45, 2.75) is 39.3 Å². The highest BCUT2D eigenvalue weighted by Gasteiger charge is 2.14. The van der Waals surface area contributed by atoms with Gasteiger partial charge in [-0.3, -0.25) is 0 Å². The van der Waals surface area contributed by atoms with Gasteiger partial charge in [-0.15, -0.1) is 0 Å². The topological polar surface area (TPSA) is 41.5 Å².